The first-order valence-corrected chi connectivity index (χ1v) is 5.38. The molecule has 0 amide bonds. The minimum absolute atomic E-state index is 0. The monoisotopic (exact) mass is 279 g/mol. The maximum atomic E-state index is 5.81. The molecule has 0 radical (unpaired) electrons. The molecule has 0 spiro atoms. The molecule has 92 valence electrons. The fourth-order valence-corrected chi connectivity index (χ4v) is 1.45. The van der Waals surface area contributed by atoms with Crippen molar-refractivity contribution in [2.75, 3.05) is 5.73 Å². The second-order valence-corrected chi connectivity index (χ2v) is 3.97. The zero-order valence-electron chi connectivity index (χ0n) is 9.64. The Balaban J connectivity index is 0.00000162. The van der Waals surface area contributed by atoms with Crippen LogP contribution in [0.4, 0.5) is 5.69 Å². The standard InChI is InChI=1S/C13H10ClN3.ClH/c1-9-2-4-12(15)13(17-9)5-3-10-6-11(14)8-16-7-10;/h2,4,6-8H,15H2,1H3;1H. The van der Waals surface area contributed by atoms with E-state index in [1.54, 1.807) is 24.5 Å². The molecule has 0 saturated heterocycles. The number of aryl methyl sites for hydroxylation is 1. The lowest BCUT2D eigenvalue weighted by atomic mass is 10.2. The Hall–Kier alpha value is -1.76. The van der Waals surface area contributed by atoms with Crippen LogP contribution in [0.2, 0.25) is 5.02 Å². The normalized spacial score (nSPS) is 9.00. The Kier molecular flexibility index (Phi) is 4.96. The molecule has 2 N–H and O–H groups in total. The molecule has 2 aromatic heterocycles. The van der Waals surface area contributed by atoms with Crippen molar-refractivity contribution in [1.82, 2.24) is 9.97 Å². The maximum absolute atomic E-state index is 5.81. The second kappa shape index (κ2) is 6.25. The number of rotatable bonds is 0. The van der Waals surface area contributed by atoms with E-state index < -0.39 is 0 Å². The summed E-state index contributed by atoms with van der Waals surface area (Å²) >= 11 is 5.81. The molecule has 2 aromatic rings. The molecule has 0 unspecified atom stereocenters. The van der Waals surface area contributed by atoms with Crippen LogP contribution in [0.15, 0.2) is 30.6 Å². The number of hydrogen-bond donors (Lipinski definition) is 1. The molecule has 0 aliphatic heterocycles. The molecule has 0 aliphatic rings. The highest BCUT2D eigenvalue weighted by Gasteiger charge is 1.97. The first-order valence-electron chi connectivity index (χ1n) is 5.01. The van der Waals surface area contributed by atoms with Gasteiger partial charge in [0.25, 0.3) is 0 Å². The number of pyridine rings is 2. The number of anilines is 1. The molecule has 0 bridgehead atoms. The molecule has 0 aliphatic carbocycles. The molecular weight excluding hydrogens is 269 g/mol. The van der Waals surface area contributed by atoms with Crippen LogP contribution in [0.25, 0.3) is 0 Å². The van der Waals surface area contributed by atoms with Crippen LogP contribution in [-0.4, -0.2) is 9.97 Å². The topological polar surface area (TPSA) is 51.8 Å². The largest absolute Gasteiger partial charge is 0.396 e. The van der Waals surface area contributed by atoms with Gasteiger partial charge in [0.1, 0.15) is 5.69 Å². The minimum atomic E-state index is 0. The predicted molar refractivity (Wildman–Crippen MR) is 75.9 cm³/mol. The quantitative estimate of drug-likeness (QED) is 0.755. The molecule has 0 aromatic carbocycles. The van der Waals surface area contributed by atoms with Crippen molar-refractivity contribution >= 4 is 29.7 Å². The molecule has 3 nitrogen and oxygen atoms in total. The fraction of sp³-hybridized carbons (Fsp3) is 0.0769. The molecular formula is C13H11Cl2N3. The summed E-state index contributed by atoms with van der Waals surface area (Å²) in [6.45, 7) is 1.89. The fourth-order valence-electron chi connectivity index (χ4n) is 1.28. The van der Waals surface area contributed by atoms with Gasteiger partial charge in [0.2, 0.25) is 0 Å². The van der Waals surface area contributed by atoms with E-state index in [0.29, 0.717) is 16.4 Å². The number of aromatic nitrogens is 2. The Labute approximate surface area is 117 Å². The summed E-state index contributed by atoms with van der Waals surface area (Å²) in [6.07, 6.45) is 3.21. The van der Waals surface area contributed by atoms with Gasteiger partial charge in [-0.3, -0.25) is 4.98 Å². The van der Waals surface area contributed by atoms with E-state index in [1.807, 2.05) is 13.0 Å². The van der Waals surface area contributed by atoms with Gasteiger partial charge in [0, 0.05) is 23.7 Å². The Morgan fingerprint density at radius 3 is 2.72 bits per heavy atom. The van der Waals surface area contributed by atoms with Crippen LogP contribution in [0.1, 0.15) is 17.0 Å². The van der Waals surface area contributed by atoms with Crippen molar-refractivity contribution in [3.63, 3.8) is 0 Å². The molecule has 18 heavy (non-hydrogen) atoms. The van der Waals surface area contributed by atoms with Crippen LogP contribution in [-0.2, 0) is 0 Å². The van der Waals surface area contributed by atoms with E-state index in [1.165, 1.54) is 0 Å². The molecule has 0 atom stereocenters. The first kappa shape index (κ1) is 14.3. The van der Waals surface area contributed by atoms with Gasteiger partial charge < -0.3 is 5.73 Å². The van der Waals surface area contributed by atoms with Crippen molar-refractivity contribution in [2.24, 2.45) is 0 Å². The lowest BCUT2D eigenvalue weighted by Gasteiger charge is -1.98. The smallest absolute Gasteiger partial charge is 0.136 e. The Morgan fingerprint density at radius 2 is 2.00 bits per heavy atom. The molecule has 2 rings (SSSR count). The summed E-state index contributed by atoms with van der Waals surface area (Å²) in [6, 6.07) is 5.39. The van der Waals surface area contributed by atoms with Crippen molar-refractivity contribution in [3.8, 4) is 11.8 Å². The number of hydrogen-bond acceptors (Lipinski definition) is 3. The van der Waals surface area contributed by atoms with Crippen molar-refractivity contribution < 1.29 is 0 Å². The number of nitrogens with zero attached hydrogens (tertiary/aromatic N) is 2. The van der Waals surface area contributed by atoms with E-state index in [9.17, 15) is 0 Å². The SMILES string of the molecule is Cc1ccc(N)c(C#Cc2cncc(Cl)c2)n1.Cl. The summed E-state index contributed by atoms with van der Waals surface area (Å²) in [7, 11) is 0. The van der Waals surface area contributed by atoms with Gasteiger partial charge in [-0.1, -0.05) is 17.5 Å². The van der Waals surface area contributed by atoms with Gasteiger partial charge in [0.05, 0.1) is 10.7 Å². The second-order valence-electron chi connectivity index (χ2n) is 3.53. The highest BCUT2D eigenvalue weighted by atomic mass is 35.5. The Bertz CT molecular complexity index is 615. The van der Waals surface area contributed by atoms with E-state index in [-0.39, 0.29) is 12.4 Å². The summed E-state index contributed by atoms with van der Waals surface area (Å²) in [5.41, 5.74) is 8.54. The number of nitrogens with two attached hydrogens (primary N) is 1. The third-order valence-electron chi connectivity index (χ3n) is 2.10. The summed E-state index contributed by atoms with van der Waals surface area (Å²) < 4.78 is 0. The van der Waals surface area contributed by atoms with Gasteiger partial charge in [-0.15, -0.1) is 12.4 Å². The van der Waals surface area contributed by atoms with Gasteiger partial charge in [-0.25, -0.2) is 4.98 Å². The average molecular weight is 280 g/mol. The van der Waals surface area contributed by atoms with Crippen molar-refractivity contribution in [2.45, 2.75) is 6.92 Å². The third-order valence-corrected chi connectivity index (χ3v) is 2.30. The van der Waals surface area contributed by atoms with Crippen LogP contribution >= 0.6 is 24.0 Å². The van der Waals surface area contributed by atoms with Gasteiger partial charge in [0.15, 0.2) is 0 Å². The van der Waals surface area contributed by atoms with Crippen LogP contribution in [0.5, 0.6) is 0 Å². The average Bonchev–Trinajstić information content (AvgIpc) is 2.30. The van der Waals surface area contributed by atoms with Crippen molar-refractivity contribution in [3.05, 3.63) is 52.6 Å². The van der Waals surface area contributed by atoms with Crippen LogP contribution < -0.4 is 5.73 Å². The van der Waals surface area contributed by atoms with Gasteiger partial charge >= 0.3 is 0 Å². The summed E-state index contributed by atoms with van der Waals surface area (Å²) in [5.74, 6) is 5.84. The maximum Gasteiger partial charge on any atom is 0.136 e. The lowest BCUT2D eigenvalue weighted by molar-refractivity contribution is 1.18. The minimum Gasteiger partial charge on any atom is -0.396 e. The molecule has 0 saturated carbocycles. The lowest BCUT2D eigenvalue weighted by Crippen LogP contribution is -1.95. The van der Waals surface area contributed by atoms with Gasteiger partial charge in [-0.2, -0.15) is 0 Å². The number of nitrogen functional groups attached to an aromatic ring is 1. The van der Waals surface area contributed by atoms with E-state index in [2.05, 4.69) is 21.8 Å². The molecule has 0 fully saturated rings. The number of halogens is 2. The Morgan fingerprint density at radius 1 is 1.22 bits per heavy atom. The third kappa shape index (κ3) is 3.63. The van der Waals surface area contributed by atoms with Crippen molar-refractivity contribution in [1.29, 1.82) is 0 Å². The predicted octanol–water partition coefficient (Wildman–Crippen LogP) is 2.84. The van der Waals surface area contributed by atoms with Gasteiger partial charge in [-0.05, 0) is 31.0 Å². The molecule has 5 heteroatoms. The highest BCUT2D eigenvalue weighted by molar-refractivity contribution is 6.30. The van der Waals surface area contributed by atoms with E-state index >= 15 is 0 Å². The summed E-state index contributed by atoms with van der Waals surface area (Å²) in [5, 5.41) is 0.557. The molecule has 2 heterocycles. The summed E-state index contributed by atoms with van der Waals surface area (Å²) in [4.78, 5) is 8.21. The van der Waals surface area contributed by atoms with Crippen LogP contribution in [0.3, 0.4) is 0 Å². The zero-order chi connectivity index (χ0) is 12.3. The first-order chi connectivity index (χ1) is 8.15. The zero-order valence-corrected chi connectivity index (χ0v) is 11.2. The van der Waals surface area contributed by atoms with E-state index in [0.717, 1.165) is 11.3 Å². The highest BCUT2D eigenvalue weighted by Crippen LogP contribution is 2.10. The van der Waals surface area contributed by atoms with Crippen LogP contribution in [0, 0.1) is 18.8 Å². The van der Waals surface area contributed by atoms with E-state index in [4.69, 9.17) is 17.3 Å².